The molecule has 0 saturated carbocycles. The first-order chi connectivity index (χ1) is 19.3. The van der Waals surface area contributed by atoms with Gasteiger partial charge in [0, 0.05) is 96.2 Å². The Morgan fingerprint density at radius 2 is 0.239 bits per heavy atom. The zero-order valence-corrected chi connectivity index (χ0v) is 30.1. The molecule has 0 aliphatic heterocycles. The molecular weight excluding hydrogens is 1020 g/mol. The molecule has 0 atom stereocenters. The third kappa shape index (κ3) is 4790. The third-order valence-electron chi connectivity index (χ3n) is 0. The Hall–Kier alpha value is -3.62. The minimum atomic E-state index is -6.00. The Bertz CT molecular complexity index is 650. The van der Waals surface area contributed by atoms with E-state index in [4.69, 9.17) is 42.1 Å². The van der Waals surface area contributed by atoms with Crippen molar-refractivity contribution in [2.24, 2.45) is 0 Å². The molecular formula is C16H24B4F16N8Re2-4. The fourth-order valence-corrected chi connectivity index (χ4v) is 0. The topological polar surface area (TPSA) is 190 Å². The largest absolute Gasteiger partial charge is 0.673 e. The van der Waals surface area contributed by atoms with Gasteiger partial charge in [-0.05, 0) is 0 Å². The van der Waals surface area contributed by atoms with E-state index in [1.165, 1.54) is 55.4 Å². The van der Waals surface area contributed by atoms with E-state index in [-0.39, 0.29) is 40.8 Å². The van der Waals surface area contributed by atoms with Gasteiger partial charge in [-0.3, -0.25) is 0 Å². The summed E-state index contributed by atoms with van der Waals surface area (Å²) in [6.07, 6.45) is 0. The Labute approximate surface area is 284 Å². The molecule has 270 valence electrons. The van der Waals surface area contributed by atoms with Crippen LogP contribution in [0.4, 0.5) is 69.1 Å². The van der Waals surface area contributed by atoms with Crippen LogP contribution >= 0.6 is 0 Å². The quantitative estimate of drug-likeness (QED) is 0.169. The van der Waals surface area contributed by atoms with E-state index < -0.39 is 29.0 Å². The average Bonchev–Trinajstić information content (AvgIpc) is 2.67. The predicted molar refractivity (Wildman–Crippen MR) is 131 cm³/mol. The SMILES string of the molecule is CC#N.CC#N.CC#N.CC#N.CC#N.CC#N.CC#N.CC#N.F[B-](F)(F)F.F[B-](F)(F)F.F[B-](F)(F)F.F[B-](F)(F)F.[Re].[Re]. The van der Waals surface area contributed by atoms with Gasteiger partial charge in [0.25, 0.3) is 0 Å². The van der Waals surface area contributed by atoms with Crippen LogP contribution in [0.25, 0.3) is 0 Å². The van der Waals surface area contributed by atoms with E-state index in [1.54, 1.807) is 48.6 Å². The summed E-state index contributed by atoms with van der Waals surface area (Å²) in [6, 6.07) is 14.0. The first-order valence-electron chi connectivity index (χ1n) is 9.28. The molecule has 46 heavy (non-hydrogen) atoms. The summed E-state index contributed by atoms with van der Waals surface area (Å²) in [5, 5.41) is 58.6. The number of nitriles is 8. The van der Waals surface area contributed by atoms with Crippen molar-refractivity contribution in [2.75, 3.05) is 0 Å². The first-order valence-corrected chi connectivity index (χ1v) is 9.28. The van der Waals surface area contributed by atoms with E-state index in [1.807, 2.05) is 0 Å². The van der Waals surface area contributed by atoms with Crippen molar-refractivity contribution in [2.45, 2.75) is 55.4 Å². The molecule has 0 aliphatic rings. The van der Waals surface area contributed by atoms with Gasteiger partial charge in [-0.15, -0.1) is 0 Å². The second kappa shape index (κ2) is 83.8. The first kappa shape index (κ1) is 90.1. The standard InChI is InChI=1S/8C2H3N.4BF4.2Re/c8*1-2-3;4*2-1(3,4)5;;/h8*1H3;;;;;;/q;;;;;;;;4*-1;;. The maximum absolute atomic E-state index is 9.75. The minimum absolute atomic E-state index is 0. The Morgan fingerprint density at radius 1 is 0.239 bits per heavy atom. The predicted octanol–water partition coefficient (Wildman–Crippen LogP) is 9.43. The molecule has 0 rings (SSSR count). The average molecular weight is 1050 g/mol. The summed E-state index contributed by atoms with van der Waals surface area (Å²) in [6.45, 7) is 11.4. The minimum Gasteiger partial charge on any atom is -0.418 e. The van der Waals surface area contributed by atoms with E-state index in [2.05, 4.69) is 0 Å². The number of halogens is 16. The van der Waals surface area contributed by atoms with Gasteiger partial charge in [0.2, 0.25) is 0 Å². The summed E-state index contributed by atoms with van der Waals surface area (Å²) in [5.74, 6) is 0. The van der Waals surface area contributed by atoms with Crippen LogP contribution in [0.15, 0.2) is 0 Å². The zero-order valence-electron chi connectivity index (χ0n) is 24.7. The van der Waals surface area contributed by atoms with E-state index in [0.29, 0.717) is 0 Å². The second-order valence-corrected chi connectivity index (χ2v) is 3.77. The molecule has 0 saturated heterocycles. The van der Waals surface area contributed by atoms with Crippen molar-refractivity contribution >= 4 is 29.0 Å². The van der Waals surface area contributed by atoms with Crippen molar-refractivity contribution < 1.29 is 110 Å². The van der Waals surface area contributed by atoms with Gasteiger partial charge >= 0.3 is 29.0 Å². The molecule has 8 nitrogen and oxygen atoms in total. The summed E-state index contributed by atoms with van der Waals surface area (Å²) < 4.78 is 156. The number of nitrogens with zero attached hydrogens (tertiary/aromatic N) is 8. The van der Waals surface area contributed by atoms with Crippen LogP contribution in [-0.4, -0.2) is 29.0 Å². The van der Waals surface area contributed by atoms with E-state index in [0.717, 1.165) is 0 Å². The third-order valence-corrected chi connectivity index (χ3v) is 0. The van der Waals surface area contributed by atoms with Crippen molar-refractivity contribution in [3.63, 3.8) is 0 Å². The molecule has 0 aliphatic carbocycles. The number of hydrogen-bond acceptors (Lipinski definition) is 8. The zero-order chi connectivity index (χ0) is 39.7. The molecule has 2 radical (unpaired) electrons. The molecule has 0 aromatic carbocycles. The monoisotopic (exact) mass is 1050 g/mol. The van der Waals surface area contributed by atoms with Gasteiger partial charge in [0.1, 0.15) is 0 Å². The van der Waals surface area contributed by atoms with Crippen LogP contribution in [0.1, 0.15) is 55.4 Å². The molecule has 0 heterocycles. The van der Waals surface area contributed by atoms with Crippen molar-refractivity contribution in [1.82, 2.24) is 0 Å². The molecule has 0 bridgehead atoms. The molecule has 0 N–H and O–H groups in total. The van der Waals surface area contributed by atoms with Crippen molar-refractivity contribution in [3.05, 3.63) is 0 Å². The Balaban J connectivity index is -0.0000000203. The van der Waals surface area contributed by atoms with Crippen LogP contribution < -0.4 is 0 Å². The molecule has 0 fully saturated rings. The molecule has 0 aromatic heterocycles. The molecule has 0 amide bonds. The molecule has 0 aromatic rings. The second-order valence-electron chi connectivity index (χ2n) is 3.77. The summed E-state index contributed by atoms with van der Waals surface area (Å²) in [4.78, 5) is 0. The maximum Gasteiger partial charge on any atom is 0.673 e. The number of hydrogen-bond donors (Lipinski definition) is 0. The summed E-state index contributed by atoms with van der Waals surface area (Å²) in [5.41, 5.74) is 0. The normalized spacial score (nSPS) is 6.61. The van der Waals surface area contributed by atoms with Gasteiger partial charge in [-0.1, -0.05) is 0 Å². The van der Waals surface area contributed by atoms with E-state index in [9.17, 15) is 69.1 Å². The molecule has 30 heteroatoms. The fraction of sp³-hybridized carbons (Fsp3) is 0.500. The van der Waals surface area contributed by atoms with Crippen LogP contribution in [0.2, 0.25) is 0 Å². The van der Waals surface area contributed by atoms with Gasteiger partial charge < -0.3 is 69.1 Å². The van der Waals surface area contributed by atoms with Gasteiger partial charge in [0.15, 0.2) is 0 Å². The van der Waals surface area contributed by atoms with Crippen molar-refractivity contribution in [1.29, 1.82) is 42.1 Å². The van der Waals surface area contributed by atoms with Gasteiger partial charge in [0.05, 0.1) is 48.6 Å². The summed E-state index contributed by atoms with van der Waals surface area (Å²) >= 11 is 0. The van der Waals surface area contributed by atoms with Crippen LogP contribution in [0, 0.1) is 90.6 Å². The van der Waals surface area contributed by atoms with Crippen LogP contribution in [0.5, 0.6) is 0 Å². The smallest absolute Gasteiger partial charge is 0.418 e. The van der Waals surface area contributed by atoms with Crippen LogP contribution in [0.3, 0.4) is 0 Å². The van der Waals surface area contributed by atoms with Gasteiger partial charge in [-0.25, -0.2) is 0 Å². The van der Waals surface area contributed by atoms with Gasteiger partial charge in [-0.2, -0.15) is 42.1 Å². The molecule has 0 spiro atoms. The van der Waals surface area contributed by atoms with Crippen LogP contribution in [-0.2, 0) is 40.8 Å². The van der Waals surface area contributed by atoms with E-state index >= 15 is 0 Å². The van der Waals surface area contributed by atoms with Crippen molar-refractivity contribution in [3.8, 4) is 48.6 Å². The maximum atomic E-state index is 9.75. The Kier molecular flexibility index (Phi) is 164. The Morgan fingerprint density at radius 3 is 0.239 bits per heavy atom. The fourth-order valence-electron chi connectivity index (χ4n) is 0. The summed E-state index contributed by atoms with van der Waals surface area (Å²) in [7, 11) is -24.0. The number of rotatable bonds is 0. The molecule has 0 unspecified atom stereocenters.